The lowest BCUT2D eigenvalue weighted by Gasteiger charge is -2.21. The Labute approximate surface area is 101 Å². The molecule has 0 saturated heterocycles. The molecule has 1 heterocycles. The molecule has 17 heavy (non-hydrogen) atoms. The molecule has 1 atom stereocenters. The Morgan fingerprint density at radius 1 is 1.47 bits per heavy atom. The molecule has 5 nitrogen and oxygen atoms in total. The minimum Gasteiger partial charge on any atom is -0.464 e. The average molecular weight is 239 g/mol. The van der Waals surface area contributed by atoms with Gasteiger partial charge in [0.1, 0.15) is 6.61 Å². The molecular formula is C12H17NO4. The summed E-state index contributed by atoms with van der Waals surface area (Å²) in [6.45, 7) is 7.19. The summed E-state index contributed by atoms with van der Waals surface area (Å²) >= 11 is 0. The number of carbonyl (C=O) groups is 2. The molecule has 0 aliphatic carbocycles. The highest BCUT2D eigenvalue weighted by Gasteiger charge is 2.51. The van der Waals surface area contributed by atoms with Gasteiger partial charge in [0, 0.05) is 5.71 Å². The molecule has 0 spiro atoms. The topological polar surface area (TPSA) is 65.0 Å². The summed E-state index contributed by atoms with van der Waals surface area (Å²) < 4.78 is 9.84. The van der Waals surface area contributed by atoms with Crippen LogP contribution in [0.5, 0.6) is 0 Å². The fourth-order valence-electron chi connectivity index (χ4n) is 1.68. The van der Waals surface area contributed by atoms with Gasteiger partial charge in [0.05, 0.1) is 6.61 Å². The molecule has 0 saturated carbocycles. The molecule has 0 aromatic heterocycles. The molecule has 94 valence electrons. The smallest absolute Gasteiger partial charge is 0.346 e. The van der Waals surface area contributed by atoms with E-state index in [4.69, 9.17) is 9.47 Å². The largest absolute Gasteiger partial charge is 0.464 e. The van der Waals surface area contributed by atoms with Gasteiger partial charge in [-0.2, -0.15) is 0 Å². The lowest BCUT2D eigenvalue weighted by molar-refractivity contribution is -0.163. The molecule has 1 aliphatic rings. The van der Waals surface area contributed by atoms with E-state index in [-0.39, 0.29) is 13.2 Å². The number of aliphatic imine (C=N–C) groups is 1. The Hall–Kier alpha value is -1.65. The third-order valence-corrected chi connectivity index (χ3v) is 2.51. The van der Waals surface area contributed by atoms with Crippen molar-refractivity contribution in [1.29, 1.82) is 0 Å². The molecule has 0 amide bonds. The number of hydrogen-bond donors (Lipinski definition) is 0. The highest BCUT2D eigenvalue weighted by Crippen LogP contribution is 2.29. The number of esters is 2. The van der Waals surface area contributed by atoms with Crippen molar-refractivity contribution in [2.24, 2.45) is 4.99 Å². The Bertz CT molecular complexity index is 362. The van der Waals surface area contributed by atoms with E-state index in [2.05, 4.69) is 11.6 Å². The van der Waals surface area contributed by atoms with Crippen molar-refractivity contribution in [2.45, 2.75) is 32.2 Å². The molecule has 1 aliphatic heterocycles. The quantitative estimate of drug-likeness (QED) is 0.412. The lowest BCUT2D eigenvalue weighted by atomic mass is 9.97. The summed E-state index contributed by atoms with van der Waals surface area (Å²) in [4.78, 5) is 27.9. The molecule has 5 heteroatoms. The zero-order valence-corrected chi connectivity index (χ0v) is 10.2. The van der Waals surface area contributed by atoms with Crippen LogP contribution in [0.3, 0.4) is 0 Å². The summed E-state index contributed by atoms with van der Waals surface area (Å²) in [5.41, 5.74) is -0.739. The first-order valence-corrected chi connectivity index (χ1v) is 5.57. The number of hydrogen-bond acceptors (Lipinski definition) is 5. The van der Waals surface area contributed by atoms with E-state index < -0.39 is 17.5 Å². The van der Waals surface area contributed by atoms with Crippen molar-refractivity contribution in [3.05, 3.63) is 12.7 Å². The predicted octanol–water partition coefficient (Wildman–Crippen LogP) is 1.27. The van der Waals surface area contributed by atoms with E-state index in [1.807, 2.05) is 0 Å². The normalized spacial score (nSPS) is 22.8. The zero-order chi connectivity index (χ0) is 12.9. The maximum atomic E-state index is 11.9. The van der Waals surface area contributed by atoms with E-state index in [0.717, 1.165) is 5.71 Å². The van der Waals surface area contributed by atoms with Gasteiger partial charge in [-0.3, -0.25) is 4.99 Å². The number of rotatable bonds is 5. The monoisotopic (exact) mass is 239 g/mol. The molecule has 0 N–H and O–H groups in total. The number of ether oxygens (including phenoxy) is 2. The van der Waals surface area contributed by atoms with Gasteiger partial charge in [-0.25, -0.2) is 9.59 Å². The van der Waals surface area contributed by atoms with E-state index in [1.54, 1.807) is 13.8 Å². The Kier molecular flexibility index (Phi) is 4.43. The summed E-state index contributed by atoms with van der Waals surface area (Å²) in [5, 5.41) is 0. The van der Waals surface area contributed by atoms with E-state index in [0.29, 0.717) is 12.8 Å². The fraction of sp³-hybridized carbons (Fsp3) is 0.583. The number of carbonyl (C=O) groups excluding carboxylic acids is 2. The molecular weight excluding hydrogens is 222 g/mol. The molecule has 1 unspecified atom stereocenters. The summed E-state index contributed by atoms with van der Waals surface area (Å²) in [7, 11) is 0. The lowest BCUT2D eigenvalue weighted by Crippen LogP contribution is -2.45. The van der Waals surface area contributed by atoms with Crippen molar-refractivity contribution in [2.75, 3.05) is 13.2 Å². The van der Waals surface area contributed by atoms with Crippen LogP contribution in [0.1, 0.15) is 26.7 Å². The second kappa shape index (κ2) is 5.61. The van der Waals surface area contributed by atoms with Gasteiger partial charge in [-0.1, -0.05) is 12.7 Å². The van der Waals surface area contributed by atoms with Gasteiger partial charge in [0.25, 0.3) is 5.54 Å². The Morgan fingerprint density at radius 3 is 2.59 bits per heavy atom. The zero-order valence-electron chi connectivity index (χ0n) is 10.2. The van der Waals surface area contributed by atoms with Gasteiger partial charge < -0.3 is 9.47 Å². The van der Waals surface area contributed by atoms with E-state index in [9.17, 15) is 9.59 Å². The van der Waals surface area contributed by atoms with Crippen molar-refractivity contribution in [3.63, 3.8) is 0 Å². The van der Waals surface area contributed by atoms with Crippen molar-refractivity contribution in [1.82, 2.24) is 0 Å². The van der Waals surface area contributed by atoms with E-state index in [1.165, 1.54) is 6.08 Å². The molecule has 0 fully saturated rings. The SMILES string of the molecule is C=CCOC(=O)C1(C(=O)OCC)CCC(C)=N1. The van der Waals surface area contributed by atoms with Gasteiger partial charge in [-0.15, -0.1) is 0 Å². The van der Waals surface area contributed by atoms with Crippen LogP contribution in [0.15, 0.2) is 17.6 Å². The van der Waals surface area contributed by atoms with Gasteiger partial charge >= 0.3 is 11.9 Å². The first-order chi connectivity index (χ1) is 8.06. The van der Waals surface area contributed by atoms with Crippen LogP contribution in [0.2, 0.25) is 0 Å². The van der Waals surface area contributed by atoms with Crippen LogP contribution in [-0.2, 0) is 19.1 Å². The summed E-state index contributed by atoms with van der Waals surface area (Å²) in [6.07, 6.45) is 2.36. The van der Waals surface area contributed by atoms with Gasteiger partial charge in [0.2, 0.25) is 0 Å². The maximum absolute atomic E-state index is 11.9. The van der Waals surface area contributed by atoms with Gasteiger partial charge in [-0.05, 0) is 26.7 Å². The first kappa shape index (κ1) is 13.4. The third kappa shape index (κ3) is 2.72. The maximum Gasteiger partial charge on any atom is 0.346 e. The van der Waals surface area contributed by atoms with Crippen LogP contribution in [0.25, 0.3) is 0 Å². The molecule has 0 bridgehead atoms. The molecule has 1 rings (SSSR count). The molecule has 0 aromatic rings. The van der Waals surface area contributed by atoms with Crippen molar-refractivity contribution >= 4 is 17.7 Å². The Morgan fingerprint density at radius 2 is 2.12 bits per heavy atom. The van der Waals surface area contributed by atoms with Crippen LogP contribution >= 0.6 is 0 Å². The highest BCUT2D eigenvalue weighted by molar-refractivity contribution is 6.09. The van der Waals surface area contributed by atoms with Crippen LogP contribution in [0, 0.1) is 0 Å². The summed E-state index contributed by atoms with van der Waals surface area (Å²) in [5.74, 6) is -1.29. The minimum absolute atomic E-state index is 0.0640. The van der Waals surface area contributed by atoms with Crippen LogP contribution < -0.4 is 0 Å². The number of nitrogens with zero attached hydrogens (tertiary/aromatic N) is 1. The first-order valence-electron chi connectivity index (χ1n) is 5.57. The molecule has 0 radical (unpaired) electrons. The minimum atomic E-state index is -1.50. The third-order valence-electron chi connectivity index (χ3n) is 2.51. The van der Waals surface area contributed by atoms with Crippen LogP contribution in [-0.4, -0.2) is 36.4 Å². The second-order valence-corrected chi connectivity index (χ2v) is 3.81. The molecule has 0 aromatic carbocycles. The highest BCUT2D eigenvalue weighted by atomic mass is 16.6. The van der Waals surface area contributed by atoms with Gasteiger partial charge in [0.15, 0.2) is 0 Å². The average Bonchev–Trinajstić information content (AvgIpc) is 2.70. The predicted molar refractivity (Wildman–Crippen MR) is 62.9 cm³/mol. The van der Waals surface area contributed by atoms with Crippen LogP contribution in [0.4, 0.5) is 0 Å². The van der Waals surface area contributed by atoms with E-state index >= 15 is 0 Å². The Balaban J connectivity index is 2.91. The fourth-order valence-corrected chi connectivity index (χ4v) is 1.68. The van der Waals surface area contributed by atoms with Crippen molar-refractivity contribution in [3.8, 4) is 0 Å². The summed E-state index contributed by atoms with van der Waals surface area (Å²) in [6, 6.07) is 0. The standard InChI is InChI=1S/C12H17NO4/c1-4-8-17-11(15)12(10(14)16-5-2)7-6-9(3)13-12/h4H,1,5-8H2,2-3H3. The van der Waals surface area contributed by atoms with Crippen molar-refractivity contribution < 1.29 is 19.1 Å². The second-order valence-electron chi connectivity index (χ2n) is 3.81.